The van der Waals surface area contributed by atoms with Gasteiger partial charge in [-0.3, -0.25) is 4.98 Å². The highest BCUT2D eigenvalue weighted by atomic mass is 16.5. The maximum atomic E-state index is 13.5. The lowest BCUT2D eigenvalue weighted by Gasteiger charge is -2.38. The van der Waals surface area contributed by atoms with Gasteiger partial charge in [0.25, 0.3) is 0 Å². The Labute approximate surface area is 222 Å². The number of rotatable bonds is 8. The number of benzene rings is 2. The molecule has 1 aliphatic heterocycles. The highest BCUT2D eigenvalue weighted by molar-refractivity contribution is 5.76. The van der Waals surface area contributed by atoms with Gasteiger partial charge in [-0.2, -0.15) is 0 Å². The van der Waals surface area contributed by atoms with E-state index >= 15 is 0 Å². The number of nitrogens with one attached hydrogen (secondary N) is 1. The van der Waals surface area contributed by atoms with Gasteiger partial charge in [0.1, 0.15) is 6.26 Å². The molecule has 0 fully saturated rings. The highest BCUT2D eigenvalue weighted by Gasteiger charge is 2.34. The Morgan fingerprint density at radius 3 is 2.79 bits per heavy atom. The van der Waals surface area contributed by atoms with Gasteiger partial charge in [0, 0.05) is 25.4 Å². The fourth-order valence-electron chi connectivity index (χ4n) is 5.00. The second-order valence-electron chi connectivity index (χ2n) is 9.51. The fraction of sp³-hybridized carbons (Fsp3) is 0.300. The van der Waals surface area contributed by atoms with Crippen molar-refractivity contribution in [3.05, 3.63) is 107 Å². The maximum absolute atomic E-state index is 13.5. The number of fused-ring (bicyclic) bond motifs is 1. The van der Waals surface area contributed by atoms with Gasteiger partial charge in [0.15, 0.2) is 17.9 Å². The molecule has 0 saturated carbocycles. The van der Waals surface area contributed by atoms with Crippen molar-refractivity contribution in [2.45, 2.75) is 39.3 Å². The van der Waals surface area contributed by atoms with Crippen LogP contribution in [0.5, 0.6) is 11.5 Å². The average Bonchev–Trinajstić information content (AvgIpc) is 3.45. The summed E-state index contributed by atoms with van der Waals surface area (Å²) in [5.74, 6) is 1.35. The summed E-state index contributed by atoms with van der Waals surface area (Å²) in [4.78, 5) is 23.7. The van der Waals surface area contributed by atoms with Crippen molar-refractivity contribution in [2.75, 3.05) is 20.3 Å². The molecule has 196 valence electrons. The van der Waals surface area contributed by atoms with Crippen LogP contribution in [0.2, 0.25) is 0 Å². The summed E-state index contributed by atoms with van der Waals surface area (Å²) >= 11 is 0. The zero-order valence-electron chi connectivity index (χ0n) is 21.9. The highest BCUT2D eigenvalue weighted by Crippen LogP contribution is 2.42. The van der Waals surface area contributed by atoms with E-state index in [0.717, 1.165) is 34.2 Å². The van der Waals surface area contributed by atoms with Crippen LogP contribution in [0.25, 0.3) is 0 Å². The van der Waals surface area contributed by atoms with Crippen LogP contribution in [0.4, 0.5) is 4.79 Å². The zero-order valence-corrected chi connectivity index (χ0v) is 21.9. The number of urea groups is 1. The molecular formula is C30H32N4O4. The van der Waals surface area contributed by atoms with Crippen LogP contribution < -0.4 is 14.8 Å². The van der Waals surface area contributed by atoms with Gasteiger partial charge in [-0.05, 0) is 66.3 Å². The van der Waals surface area contributed by atoms with Crippen LogP contribution in [0.15, 0.2) is 71.9 Å². The summed E-state index contributed by atoms with van der Waals surface area (Å²) in [5, 5.41) is 3.01. The monoisotopic (exact) mass is 512 g/mol. The van der Waals surface area contributed by atoms with E-state index in [0.29, 0.717) is 43.3 Å². The first-order valence-electron chi connectivity index (χ1n) is 12.7. The van der Waals surface area contributed by atoms with Crippen LogP contribution in [0.3, 0.4) is 0 Å². The molecule has 1 aliphatic rings. The summed E-state index contributed by atoms with van der Waals surface area (Å²) < 4.78 is 17.0. The van der Waals surface area contributed by atoms with Crippen LogP contribution in [0, 0.1) is 13.8 Å². The number of hydrogen-bond acceptors (Lipinski definition) is 6. The summed E-state index contributed by atoms with van der Waals surface area (Å²) in [6.07, 6.45) is 7.94. The molecule has 2 aromatic heterocycles. The molecule has 38 heavy (non-hydrogen) atoms. The van der Waals surface area contributed by atoms with Crippen LogP contribution >= 0.6 is 0 Å². The number of aryl methyl sites for hydroxylation is 2. The van der Waals surface area contributed by atoms with Crippen molar-refractivity contribution in [1.82, 2.24) is 20.2 Å². The summed E-state index contributed by atoms with van der Waals surface area (Å²) in [6, 6.07) is 14.0. The first-order valence-corrected chi connectivity index (χ1v) is 12.7. The Morgan fingerprint density at radius 2 is 2.05 bits per heavy atom. The number of ether oxygens (including phenoxy) is 2. The molecule has 1 atom stereocenters. The molecule has 3 heterocycles. The van der Waals surface area contributed by atoms with E-state index in [9.17, 15) is 4.79 Å². The second-order valence-corrected chi connectivity index (χ2v) is 9.51. The van der Waals surface area contributed by atoms with Gasteiger partial charge < -0.3 is 24.1 Å². The van der Waals surface area contributed by atoms with Crippen molar-refractivity contribution in [1.29, 1.82) is 0 Å². The van der Waals surface area contributed by atoms with Gasteiger partial charge in [-0.1, -0.05) is 29.8 Å². The smallest absolute Gasteiger partial charge is 0.318 e. The third-order valence-corrected chi connectivity index (χ3v) is 6.91. The minimum absolute atomic E-state index is 0.154. The lowest BCUT2D eigenvalue weighted by molar-refractivity contribution is 0.179. The van der Waals surface area contributed by atoms with Crippen molar-refractivity contribution in [3.63, 3.8) is 0 Å². The second kappa shape index (κ2) is 11.4. The topological polar surface area (TPSA) is 89.7 Å². The van der Waals surface area contributed by atoms with E-state index in [1.54, 1.807) is 13.3 Å². The minimum Gasteiger partial charge on any atom is -0.493 e. The van der Waals surface area contributed by atoms with Crippen molar-refractivity contribution in [3.8, 4) is 11.5 Å². The Balaban J connectivity index is 1.47. The predicted octanol–water partition coefficient (Wildman–Crippen LogP) is 5.17. The summed E-state index contributed by atoms with van der Waals surface area (Å²) in [6.45, 7) is 5.52. The van der Waals surface area contributed by atoms with E-state index in [1.165, 1.54) is 18.2 Å². The molecule has 2 amide bonds. The molecule has 0 saturated heterocycles. The zero-order chi connectivity index (χ0) is 26.5. The molecule has 0 radical (unpaired) electrons. The van der Waals surface area contributed by atoms with E-state index in [4.69, 9.17) is 13.9 Å². The number of hydrogen-bond donors (Lipinski definition) is 1. The summed E-state index contributed by atoms with van der Waals surface area (Å²) in [7, 11) is 1.66. The van der Waals surface area contributed by atoms with Crippen molar-refractivity contribution < 1.29 is 18.7 Å². The van der Waals surface area contributed by atoms with E-state index in [1.807, 2.05) is 29.3 Å². The van der Waals surface area contributed by atoms with Gasteiger partial charge in [0.2, 0.25) is 0 Å². The molecule has 2 aromatic carbocycles. The van der Waals surface area contributed by atoms with E-state index in [-0.39, 0.29) is 12.1 Å². The Kier molecular flexibility index (Phi) is 7.58. The summed E-state index contributed by atoms with van der Waals surface area (Å²) in [5.41, 5.74) is 7.36. The van der Waals surface area contributed by atoms with Crippen LogP contribution in [-0.2, 0) is 19.4 Å². The largest absolute Gasteiger partial charge is 0.493 e. The van der Waals surface area contributed by atoms with Gasteiger partial charge >= 0.3 is 6.03 Å². The number of carbonyl (C=O) groups excluding carboxylic acids is 1. The van der Waals surface area contributed by atoms with Crippen molar-refractivity contribution in [2.24, 2.45) is 0 Å². The quantitative estimate of drug-likeness (QED) is 0.350. The molecule has 5 rings (SSSR count). The Morgan fingerprint density at radius 1 is 1.16 bits per heavy atom. The Bertz CT molecular complexity index is 1390. The SMILES string of the molecule is COc1cc2c(cc1OCCc1cccnc1)C(c1ccc(C)cc1C)N(C(=O)NCc1cocn1)CC2. The number of pyridine rings is 1. The maximum Gasteiger partial charge on any atom is 0.318 e. The molecule has 4 aromatic rings. The molecule has 0 bridgehead atoms. The molecule has 8 nitrogen and oxygen atoms in total. The van der Waals surface area contributed by atoms with Gasteiger partial charge in [0.05, 0.1) is 32.0 Å². The lowest BCUT2D eigenvalue weighted by Crippen LogP contribution is -2.46. The average molecular weight is 513 g/mol. The van der Waals surface area contributed by atoms with Crippen LogP contribution in [-0.4, -0.2) is 41.2 Å². The van der Waals surface area contributed by atoms with E-state index in [2.05, 4.69) is 53.4 Å². The molecule has 1 N–H and O–H groups in total. The molecule has 1 unspecified atom stereocenters. The number of aromatic nitrogens is 2. The molecular weight excluding hydrogens is 480 g/mol. The molecule has 0 aliphatic carbocycles. The van der Waals surface area contributed by atoms with Crippen LogP contribution in [0.1, 0.15) is 45.1 Å². The van der Waals surface area contributed by atoms with Gasteiger partial charge in [-0.25, -0.2) is 9.78 Å². The Hall–Kier alpha value is -4.33. The van der Waals surface area contributed by atoms with Gasteiger partial charge in [-0.15, -0.1) is 0 Å². The number of methoxy groups -OCH3 is 1. The minimum atomic E-state index is -0.275. The van der Waals surface area contributed by atoms with Crippen molar-refractivity contribution >= 4 is 6.03 Å². The molecule has 0 spiro atoms. The standard InChI is InChI=1S/C30H32N4O4/c1-20-6-7-25(21(2)13-20)29-26-15-28(38-12-9-22-5-4-10-31-16-22)27(36-3)14-23(26)8-11-34(29)30(35)32-17-24-18-37-19-33-24/h4-7,10,13-16,18-19,29H,8-9,11-12,17H2,1-3H3,(H,32,35). The first kappa shape index (κ1) is 25.3. The number of nitrogens with zero attached hydrogens (tertiary/aromatic N) is 3. The number of carbonyl (C=O) groups is 1. The third kappa shape index (κ3) is 5.49. The lowest BCUT2D eigenvalue weighted by atomic mass is 9.85. The fourth-order valence-corrected chi connectivity index (χ4v) is 5.00. The predicted molar refractivity (Wildman–Crippen MR) is 143 cm³/mol. The third-order valence-electron chi connectivity index (χ3n) is 6.91. The number of amides is 2. The molecule has 8 heteroatoms. The normalized spacial score (nSPS) is 14.6. The van der Waals surface area contributed by atoms with E-state index < -0.39 is 0 Å². The first-order chi connectivity index (χ1) is 18.5. The number of oxazole rings is 1.